The number of hydrogen-bond acceptors (Lipinski definition) is 2. The number of rotatable bonds is 2. The number of carbonyl (C=O) groups is 2. The van der Waals surface area contributed by atoms with Gasteiger partial charge in [0.1, 0.15) is 6.29 Å². The Morgan fingerprint density at radius 3 is 2.56 bits per heavy atom. The van der Waals surface area contributed by atoms with Gasteiger partial charge in [-0.15, -0.1) is 0 Å². The summed E-state index contributed by atoms with van der Waals surface area (Å²) in [5, 5.41) is 8.90. The van der Waals surface area contributed by atoms with Gasteiger partial charge in [0.25, 0.3) is 0 Å². The van der Waals surface area contributed by atoms with Crippen molar-refractivity contribution in [1.29, 1.82) is 0 Å². The Morgan fingerprint density at radius 2 is 2.00 bits per heavy atom. The van der Waals surface area contributed by atoms with Crippen molar-refractivity contribution >= 4 is 12.4 Å². The van der Waals surface area contributed by atoms with Gasteiger partial charge in [0.15, 0.2) is 0 Å². The molecule has 0 saturated carbocycles. The molecule has 0 aromatic heterocycles. The normalized spacial score (nSPS) is 24.4. The van der Waals surface area contributed by atoms with Crippen LogP contribution in [0.3, 0.4) is 0 Å². The summed E-state index contributed by atoms with van der Waals surface area (Å²) in [6.45, 7) is 0.709. The van der Waals surface area contributed by atoms with Gasteiger partial charge in [0.05, 0.1) is 0 Å². The zero-order valence-electron chi connectivity index (χ0n) is 8.74. The predicted octanol–water partition coefficient (Wildman–Crippen LogP) is 1.58. The summed E-state index contributed by atoms with van der Waals surface area (Å²) >= 11 is 0. The van der Waals surface area contributed by atoms with Crippen LogP contribution < -0.4 is 0 Å². The van der Waals surface area contributed by atoms with Gasteiger partial charge < -0.3 is 14.8 Å². The molecule has 0 radical (unpaired) electrons. The minimum absolute atomic E-state index is 0.00481. The van der Waals surface area contributed by atoms with Crippen molar-refractivity contribution in [1.82, 2.24) is 4.90 Å². The molecule has 16 heavy (non-hydrogen) atoms. The Kier molecular flexibility index (Phi) is 2.90. The second-order valence-corrected chi connectivity index (χ2v) is 4.00. The molecule has 2 unspecified atom stereocenters. The lowest BCUT2D eigenvalue weighted by Crippen LogP contribution is -2.26. The standard InChI is InChI=1S/C12H13NO3/c14-8-10-6-13(12(15)16)7-11(10)9-4-2-1-3-5-9/h1-5,8,10-11H,6-7H2,(H,15,16). The third-order valence-electron chi connectivity index (χ3n) is 3.04. The van der Waals surface area contributed by atoms with E-state index in [0.717, 1.165) is 11.8 Å². The number of amides is 1. The average molecular weight is 219 g/mol. The molecule has 0 spiro atoms. The fraction of sp³-hybridized carbons (Fsp3) is 0.333. The summed E-state index contributed by atoms with van der Waals surface area (Å²) in [4.78, 5) is 23.1. The van der Waals surface area contributed by atoms with Crippen molar-refractivity contribution in [3.8, 4) is 0 Å². The molecule has 1 amide bonds. The maximum absolute atomic E-state index is 10.9. The number of benzene rings is 1. The maximum Gasteiger partial charge on any atom is 0.407 e. The monoisotopic (exact) mass is 219 g/mol. The largest absolute Gasteiger partial charge is 0.465 e. The van der Waals surface area contributed by atoms with E-state index in [9.17, 15) is 9.59 Å². The third-order valence-corrected chi connectivity index (χ3v) is 3.04. The van der Waals surface area contributed by atoms with Crippen LogP contribution in [0.4, 0.5) is 4.79 Å². The van der Waals surface area contributed by atoms with E-state index < -0.39 is 6.09 Å². The highest BCUT2D eigenvalue weighted by Gasteiger charge is 2.35. The van der Waals surface area contributed by atoms with Crippen molar-refractivity contribution in [3.05, 3.63) is 35.9 Å². The van der Waals surface area contributed by atoms with Crippen LogP contribution in [0, 0.1) is 5.92 Å². The van der Waals surface area contributed by atoms with Gasteiger partial charge in [-0.25, -0.2) is 4.79 Å². The summed E-state index contributed by atoms with van der Waals surface area (Å²) in [5.74, 6) is -0.228. The molecule has 1 aliphatic rings. The van der Waals surface area contributed by atoms with Crippen molar-refractivity contribution in [2.24, 2.45) is 5.92 Å². The predicted molar refractivity (Wildman–Crippen MR) is 58.3 cm³/mol. The molecule has 0 bridgehead atoms. The molecule has 1 aliphatic heterocycles. The van der Waals surface area contributed by atoms with Gasteiger partial charge in [-0.1, -0.05) is 30.3 Å². The number of likely N-dealkylation sites (tertiary alicyclic amines) is 1. The third kappa shape index (κ3) is 1.91. The summed E-state index contributed by atoms with van der Waals surface area (Å²) in [6.07, 6.45) is -0.0917. The number of nitrogens with zero attached hydrogens (tertiary/aromatic N) is 1. The van der Waals surface area contributed by atoms with E-state index in [1.165, 1.54) is 4.90 Å². The van der Waals surface area contributed by atoms with Crippen LogP contribution in [0.15, 0.2) is 30.3 Å². The molecule has 1 aromatic rings. The van der Waals surface area contributed by atoms with Crippen LogP contribution in [0.25, 0.3) is 0 Å². The topological polar surface area (TPSA) is 57.6 Å². The molecule has 2 rings (SSSR count). The molecular formula is C12H13NO3. The van der Waals surface area contributed by atoms with Crippen LogP contribution in [-0.4, -0.2) is 35.5 Å². The summed E-state index contributed by atoms with van der Waals surface area (Å²) < 4.78 is 0. The summed E-state index contributed by atoms with van der Waals surface area (Å²) in [6, 6.07) is 9.59. The molecule has 84 valence electrons. The van der Waals surface area contributed by atoms with E-state index >= 15 is 0 Å². The zero-order chi connectivity index (χ0) is 11.5. The molecule has 1 N–H and O–H groups in total. The van der Waals surface area contributed by atoms with Crippen LogP contribution >= 0.6 is 0 Å². The fourth-order valence-corrected chi connectivity index (χ4v) is 2.18. The van der Waals surface area contributed by atoms with Crippen molar-refractivity contribution < 1.29 is 14.7 Å². The average Bonchev–Trinajstić information content (AvgIpc) is 2.74. The molecule has 2 atom stereocenters. The smallest absolute Gasteiger partial charge is 0.407 e. The molecule has 4 nitrogen and oxygen atoms in total. The van der Waals surface area contributed by atoms with Crippen LogP contribution in [0.1, 0.15) is 11.5 Å². The van der Waals surface area contributed by atoms with E-state index in [4.69, 9.17) is 5.11 Å². The Labute approximate surface area is 93.5 Å². The van der Waals surface area contributed by atoms with E-state index in [0.29, 0.717) is 13.1 Å². The molecular weight excluding hydrogens is 206 g/mol. The first-order valence-corrected chi connectivity index (χ1v) is 5.20. The highest BCUT2D eigenvalue weighted by molar-refractivity contribution is 5.68. The fourth-order valence-electron chi connectivity index (χ4n) is 2.18. The Balaban J connectivity index is 2.21. The van der Waals surface area contributed by atoms with Crippen molar-refractivity contribution in [3.63, 3.8) is 0 Å². The van der Waals surface area contributed by atoms with Gasteiger partial charge in [-0.05, 0) is 5.56 Å². The summed E-state index contributed by atoms with van der Waals surface area (Å²) in [7, 11) is 0. The number of hydrogen-bond donors (Lipinski definition) is 1. The first kappa shape index (κ1) is 10.7. The molecule has 1 saturated heterocycles. The van der Waals surface area contributed by atoms with E-state index in [2.05, 4.69) is 0 Å². The lowest BCUT2D eigenvalue weighted by molar-refractivity contribution is -0.111. The summed E-state index contributed by atoms with van der Waals surface area (Å²) in [5.41, 5.74) is 1.03. The van der Waals surface area contributed by atoms with Crippen molar-refractivity contribution in [2.45, 2.75) is 5.92 Å². The van der Waals surface area contributed by atoms with Gasteiger partial charge >= 0.3 is 6.09 Å². The molecule has 1 aromatic carbocycles. The number of aldehydes is 1. The first-order chi connectivity index (χ1) is 7.72. The van der Waals surface area contributed by atoms with E-state index in [1.54, 1.807) is 0 Å². The maximum atomic E-state index is 10.9. The van der Waals surface area contributed by atoms with Gasteiger partial charge in [-0.3, -0.25) is 0 Å². The highest BCUT2D eigenvalue weighted by Crippen LogP contribution is 2.31. The first-order valence-electron chi connectivity index (χ1n) is 5.20. The Hall–Kier alpha value is -1.84. The second-order valence-electron chi connectivity index (χ2n) is 4.00. The van der Waals surface area contributed by atoms with Crippen LogP contribution in [-0.2, 0) is 4.79 Å². The molecule has 0 aliphatic carbocycles. The highest BCUT2D eigenvalue weighted by atomic mass is 16.4. The van der Waals surface area contributed by atoms with E-state index in [1.807, 2.05) is 30.3 Å². The van der Waals surface area contributed by atoms with Crippen LogP contribution in [0.5, 0.6) is 0 Å². The minimum atomic E-state index is -0.953. The number of carbonyl (C=O) groups excluding carboxylic acids is 1. The molecule has 4 heteroatoms. The zero-order valence-corrected chi connectivity index (χ0v) is 8.74. The SMILES string of the molecule is O=CC1CN(C(=O)O)CC1c1ccccc1. The molecule has 1 fully saturated rings. The Bertz CT molecular complexity index is 391. The second kappa shape index (κ2) is 4.35. The van der Waals surface area contributed by atoms with Crippen molar-refractivity contribution in [2.75, 3.05) is 13.1 Å². The minimum Gasteiger partial charge on any atom is -0.465 e. The lowest BCUT2D eigenvalue weighted by Gasteiger charge is -2.13. The Morgan fingerprint density at radius 1 is 1.31 bits per heavy atom. The quantitative estimate of drug-likeness (QED) is 0.768. The number of carboxylic acid groups (broad SMARTS) is 1. The molecule has 1 heterocycles. The van der Waals surface area contributed by atoms with Crippen LogP contribution in [0.2, 0.25) is 0 Å². The van der Waals surface area contributed by atoms with Gasteiger partial charge in [0.2, 0.25) is 0 Å². The van der Waals surface area contributed by atoms with Gasteiger partial charge in [0, 0.05) is 24.9 Å². The lowest BCUT2D eigenvalue weighted by atomic mass is 9.90. The van der Waals surface area contributed by atoms with Gasteiger partial charge in [-0.2, -0.15) is 0 Å². The van der Waals surface area contributed by atoms with E-state index in [-0.39, 0.29) is 11.8 Å².